The lowest BCUT2D eigenvalue weighted by Crippen LogP contribution is -2.01. The molecule has 2 aromatic rings. The van der Waals surface area contributed by atoms with Crippen LogP contribution in [0.25, 0.3) is 11.1 Å². The zero-order chi connectivity index (χ0) is 22.2. The zero-order valence-electron chi connectivity index (χ0n) is 18.5. The molecule has 29 heavy (non-hydrogen) atoms. The van der Waals surface area contributed by atoms with Crippen LogP contribution in [-0.4, -0.2) is 30.5 Å². The van der Waals surface area contributed by atoms with Crippen molar-refractivity contribution in [2.45, 2.75) is 39.0 Å². The van der Waals surface area contributed by atoms with Crippen molar-refractivity contribution < 1.29 is 13.7 Å². The van der Waals surface area contributed by atoms with Crippen molar-refractivity contribution in [1.82, 2.24) is 0 Å². The first kappa shape index (κ1) is 26.7. The van der Waals surface area contributed by atoms with E-state index in [4.69, 9.17) is 4.74 Å². The first-order chi connectivity index (χ1) is 13.9. The summed E-state index contributed by atoms with van der Waals surface area (Å²) in [5.74, 6) is 0. The van der Waals surface area contributed by atoms with E-state index < -0.39 is 10.8 Å². The first-order valence-corrected chi connectivity index (χ1v) is 11.3. The Kier molecular flexibility index (Phi) is 14.4. The van der Waals surface area contributed by atoms with E-state index in [0.717, 1.165) is 34.3 Å². The number of allylic oxidation sites excluding steroid dienone is 2. The number of rotatable bonds is 7. The molecule has 0 aliphatic heterocycles. The fourth-order valence-electron chi connectivity index (χ4n) is 2.24. The summed E-state index contributed by atoms with van der Waals surface area (Å²) in [6.07, 6.45) is 3.61. The predicted octanol–water partition coefficient (Wildman–Crippen LogP) is 6.18. The molecule has 0 saturated heterocycles. The normalized spacial score (nSPS) is 11.7. The lowest BCUT2D eigenvalue weighted by molar-refractivity contribution is -0.103. The van der Waals surface area contributed by atoms with Crippen LogP contribution in [0, 0.1) is 0 Å². The number of methoxy groups -OCH3 is 1. The summed E-state index contributed by atoms with van der Waals surface area (Å²) in [6, 6.07) is 16.9. The molecule has 0 saturated carbocycles. The van der Waals surface area contributed by atoms with Crippen molar-refractivity contribution in [3.05, 3.63) is 77.9 Å². The van der Waals surface area contributed by atoms with E-state index in [1.165, 1.54) is 5.57 Å². The molecule has 1 atom stereocenters. The Balaban J connectivity index is 0.000000977. The molecule has 0 spiro atoms. The van der Waals surface area contributed by atoms with E-state index in [0.29, 0.717) is 12.2 Å². The molecule has 0 radical (unpaired) electrons. The van der Waals surface area contributed by atoms with Crippen molar-refractivity contribution >= 4 is 28.2 Å². The Bertz CT molecular complexity index is 791. The van der Waals surface area contributed by atoms with Crippen LogP contribution in [0.2, 0.25) is 0 Å². The van der Waals surface area contributed by atoms with Gasteiger partial charge in [-0.3, -0.25) is 9.00 Å². The van der Waals surface area contributed by atoms with E-state index >= 15 is 0 Å². The molecule has 2 rings (SSSR count). The smallest absolute Gasteiger partial charge is 0.151 e. The molecule has 0 fully saturated rings. The molecule has 0 heterocycles. The highest BCUT2D eigenvalue weighted by atomic mass is 32.2. The van der Waals surface area contributed by atoms with Crippen LogP contribution in [0.5, 0.6) is 0 Å². The molecule has 0 aliphatic rings. The van der Waals surface area contributed by atoms with Gasteiger partial charge in [0.15, 0.2) is 6.29 Å². The summed E-state index contributed by atoms with van der Waals surface area (Å²) in [5.41, 5.74) is 4.42. The summed E-state index contributed by atoms with van der Waals surface area (Å²) in [6.45, 7) is 12.1. The number of carbonyl (C=O) groups is 1. The van der Waals surface area contributed by atoms with Crippen LogP contribution < -0.4 is 0 Å². The van der Waals surface area contributed by atoms with Crippen LogP contribution in [0.3, 0.4) is 0 Å². The van der Waals surface area contributed by atoms with Gasteiger partial charge >= 0.3 is 0 Å². The molecule has 1 unspecified atom stereocenters. The molecule has 0 amide bonds. The van der Waals surface area contributed by atoms with Crippen LogP contribution in [0.15, 0.2) is 71.6 Å². The standard InChI is InChI=1S/C18H18O3S.C5H10.C2H6/c1-21-13-18(15-8-10-16(11-9-15)22(2)20)17(12-19)14-6-4-3-5-7-14;1-4-5(2)3;1-2/h3-12H,13H2,1-2H3;2,4H2,1,3H3;1-2H3/b18-17-;;. The number of benzene rings is 2. The average Bonchev–Trinajstić information content (AvgIpc) is 2.76. The van der Waals surface area contributed by atoms with Gasteiger partial charge in [-0.05, 0) is 42.2 Å². The monoisotopic (exact) mass is 414 g/mol. The summed E-state index contributed by atoms with van der Waals surface area (Å²) >= 11 is 0. The van der Waals surface area contributed by atoms with Gasteiger partial charge in [0.2, 0.25) is 0 Å². The lowest BCUT2D eigenvalue weighted by Gasteiger charge is -2.12. The van der Waals surface area contributed by atoms with Gasteiger partial charge in [0, 0.05) is 34.6 Å². The van der Waals surface area contributed by atoms with Gasteiger partial charge in [0.1, 0.15) is 0 Å². The minimum Gasteiger partial charge on any atom is -0.380 e. The van der Waals surface area contributed by atoms with Crippen molar-refractivity contribution in [1.29, 1.82) is 0 Å². The Morgan fingerprint density at radius 3 is 1.93 bits per heavy atom. The van der Waals surface area contributed by atoms with Crippen LogP contribution in [-0.2, 0) is 20.3 Å². The summed E-state index contributed by atoms with van der Waals surface area (Å²) < 4.78 is 16.7. The zero-order valence-corrected chi connectivity index (χ0v) is 19.3. The largest absolute Gasteiger partial charge is 0.380 e. The average molecular weight is 415 g/mol. The maximum absolute atomic E-state index is 11.6. The summed E-state index contributed by atoms with van der Waals surface area (Å²) in [4.78, 5) is 12.4. The Morgan fingerprint density at radius 1 is 1.03 bits per heavy atom. The van der Waals surface area contributed by atoms with Crippen molar-refractivity contribution in [2.24, 2.45) is 0 Å². The third kappa shape index (κ3) is 9.64. The van der Waals surface area contributed by atoms with Gasteiger partial charge in [-0.2, -0.15) is 0 Å². The van der Waals surface area contributed by atoms with E-state index in [1.807, 2.05) is 75.4 Å². The van der Waals surface area contributed by atoms with Crippen LogP contribution in [0.1, 0.15) is 45.2 Å². The van der Waals surface area contributed by atoms with Crippen molar-refractivity contribution in [2.75, 3.05) is 20.0 Å². The molecule has 0 bridgehead atoms. The third-order valence-electron chi connectivity index (χ3n) is 3.95. The molecule has 0 N–H and O–H groups in total. The Morgan fingerprint density at radius 2 is 1.55 bits per heavy atom. The number of hydrogen-bond acceptors (Lipinski definition) is 3. The molecule has 4 heteroatoms. The van der Waals surface area contributed by atoms with Gasteiger partial charge in [-0.1, -0.05) is 68.8 Å². The molecule has 2 aromatic carbocycles. The number of carbonyl (C=O) groups excluding carboxylic acids is 1. The van der Waals surface area contributed by atoms with E-state index in [-0.39, 0.29) is 0 Å². The second-order valence-electron chi connectivity index (χ2n) is 6.10. The highest BCUT2D eigenvalue weighted by Crippen LogP contribution is 2.26. The maximum Gasteiger partial charge on any atom is 0.151 e. The van der Waals surface area contributed by atoms with Gasteiger partial charge in [0.25, 0.3) is 0 Å². The summed E-state index contributed by atoms with van der Waals surface area (Å²) in [5, 5.41) is 0. The second-order valence-corrected chi connectivity index (χ2v) is 7.48. The fraction of sp³-hybridized carbons (Fsp3) is 0.320. The van der Waals surface area contributed by atoms with Crippen molar-refractivity contribution in [3.8, 4) is 0 Å². The lowest BCUT2D eigenvalue weighted by atomic mass is 9.96. The predicted molar refractivity (Wildman–Crippen MR) is 126 cm³/mol. The topological polar surface area (TPSA) is 43.4 Å². The highest BCUT2D eigenvalue weighted by Gasteiger charge is 2.11. The fourth-order valence-corrected chi connectivity index (χ4v) is 2.76. The summed E-state index contributed by atoms with van der Waals surface area (Å²) in [7, 11) is 0.581. The highest BCUT2D eigenvalue weighted by molar-refractivity contribution is 7.84. The number of ether oxygens (including phenoxy) is 1. The molecule has 3 nitrogen and oxygen atoms in total. The number of aldehydes is 1. The van der Waals surface area contributed by atoms with Crippen molar-refractivity contribution in [3.63, 3.8) is 0 Å². The molecular formula is C25H34O3S. The van der Waals surface area contributed by atoms with E-state index in [1.54, 1.807) is 13.4 Å². The van der Waals surface area contributed by atoms with Crippen LogP contribution in [0.4, 0.5) is 0 Å². The van der Waals surface area contributed by atoms with Crippen LogP contribution >= 0.6 is 0 Å². The van der Waals surface area contributed by atoms with Gasteiger partial charge in [-0.15, -0.1) is 6.58 Å². The Labute approximate surface area is 179 Å². The SMILES string of the molecule is C=C(C)CC.CC.COC/C(=C(\C=O)c1ccccc1)c1ccc(S(C)=O)cc1. The molecule has 158 valence electrons. The minimum atomic E-state index is -1.02. The second kappa shape index (κ2) is 15.6. The third-order valence-corrected chi connectivity index (χ3v) is 4.89. The minimum absolute atomic E-state index is 0.331. The van der Waals surface area contributed by atoms with Gasteiger partial charge in [0.05, 0.1) is 6.61 Å². The molecule has 0 aromatic heterocycles. The van der Waals surface area contributed by atoms with Gasteiger partial charge in [-0.25, -0.2) is 0 Å². The maximum atomic E-state index is 11.6. The quantitative estimate of drug-likeness (QED) is 0.235. The van der Waals surface area contributed by atoms with E-state index in [9.17, 15) is 9.00 Å². The first-order valence-electron chi connectivity index (χ1n) is 9.75. The van der Waals surface area contributed by atoms with E-state index in [2.05, 4.69) is 13.5 Å². The van der Waals surface area contributed by atoms with Gasteiger partial charge < -0.3 is 4.74 Å². The molecule has 0 aliphatic carbocycles. The molecular weight excluding hydrogens is 380 g/mol. The Hall–Kier alpha value is -2.30. The number of hydrogen-bond donors (Lipinski definition) is 0.